The van der Waals surface area contributed by atoms with Crippen molar-refractivity contribution in [2.75, 3.05) is 36.0 Å². The van der Waals surface area contributed by atoms with E-state index >= 15 is 0 Å². The van der Waals surface area contributed by atoms with Crippen molar-refractivity contribution >= 4 is 29.3 Å². The van der Waals surface area contributed by atoms with E-state index in [9.17, 15) is 23.1 Å². The van der Waals surface area contributed by atoms with Gasteiger partial charge in [0.15, 0.2) is 0 Å². The third kappa shape index (κ3) is 5.40. The molecular weight excluding hydrogens is 471 g/mol. The van der Waals surface area contributed by atoms with Crippen molar-refractivity contribution in [2.24, 2.45) is 0 Å². The topological polar surface area (TPSA) is 81.6 Å². The lowest BCUT2D eigenvalue weighted by Gasteiger charge is -2.27. The Morgan fingerprint density at radius 1 is 1.09 bits per heavy atom. The molecule has 0 radical (unpaired) electrons. The molecular formula is C23H21ClF3N5O2. The Balaban J connectivity index is 1.56. The quantitative estimate of drug-likeness (QED) is 0.528. The molecule has 1 amide bonds. The normalized spacial score (nSPS) is 14.2. The Bertz CT molecular complexity index is 1170. The fourth-order valence-electron chi connectivity index (χ4n) is 3.70. The lowest BCUT2D eigenvalue weighted by molar-refractivity contribution is -0.137. The number of carboxylic acid groups (broad SMARTS) is 1. The predicted octanol–water partition coefficient (Wildman–Crippen LogP) is 4.91. The maximum Gasteiger partial charge on any atom is 0.417 e. The molecule has 1 aliphatic heterocycles. The van der Waals surface area contributed by atoms with Crippen LogP contribution in [0.1, 0.15) is 11.1 Å². The Labute approximate surface area is 198 Å². The van der Waals surface area contributed by atoms with E-state index in [-0.39, 0.29) is 12.2 Å². The Morgan fingerprint density at radius 3 is 2.44 bits per heavy atom. The highest BCUT2D eigenvalue weighted by atomic mass is 35.5. The van der Waals surface area contributed by atoms with E-state index in [0.29, 0.717) is 11.5 Å². The van der Waals surface area contributed by atoms with Crippen LogP contribution in [0.25, 0.3) is 11.1 Å². The summed E-state index contributed by atoms with van der Waals surface area (Å²) >= 11 is 5.67. The summed E-state index contributed by atoms with van der Waals surface area (Å²) in [6, 6.07) is 10.1. The van der Waals surface area contributed by atoms with Crippen molar-refractivity contribution in [1.29, 1.82) is 0 Å². The zero-order chi connectivity index (χ0) is 24.3. The molecule has 0 bridgehead atoms. The summed E-state index contributed by atoms with van der Waals surface area (Å²) in [5.41, 5.74) is 0.886. The van der Waals surface area contributed by atoms with E-state index < -0.39 is 22.9 Å². The Hall–Kier alpha value is -3.37. The van der Waals surface area contributed by atoms with Crippen molar-refractivity contribution < 1.29 is 23.1 Å². The summed E-state index contributed by atoms with van der Waals surface area (Å²) in [7, 11) is 0. The van der Waals surface area contributed by atoms with Crippen LogP contribution in [0.3, 0.4) is 0 Å². The highest BCUT2D eigenvalue weighted by Crippen LogP contribution is 2.37. The second-order valence-electron chi connectivity index (χ2n) is 7.74. The van der Waals surface area contributed by atoms with Gasteiger partial charge in [0.1, 0.15) is 0 Å². The predicted molar refractivity (Wildman–Crippen MR) is 123 cm³/mol. The molecule has 0 unspecified atom stereocenters. The third-order valence-corrected chi connectivity index (χ3v) is 5.77. The number of hydrogen-bond donors (Lipinski definition) is 2. The summed E-state index contributed by atoms with van der Waals surface area (Å²) in [5.74, 6) is 0.640. The van der Waals surface area contributed by atoms with Crippen LogP contribution in [-0.2, 0) is 12.7 Å². The molecule has 2 heterocycles. The van der Waals surface area contributed by atoms with Gasteiger partial charge in [0.05, 0.1) is 17.1 Å². The molecule has 1 saturated heterocycles. The van der Waals surface area contributed by atoms with Crippen molar-refractivity contribution in [3.05, 3.63) is 71.0 Å². The average molecular weight is 492 g/mol. The van der Waals surface area contributed by atoms with Crippen molar-refractivity contribution in [1.82, 2.24) is 15.3 Å². The number of nitrogens with zero attached hydrogens (tertiary/aromatic N) is 4. The number of nitrogens with one attached hydrogen (secondary N) is 1. The molecule has 7 nitrogen and oxygen atoms in total. The highest BCUT2D eigenvalue weighted by molar-refractivity contribution is 6.31. The van der Waals surface area contributed by atoms with Crippen LogP contribution in [-0.4, -0.2) is 47.3 Å². The van der Waals surface area contributed by atoms with E-state index in [1.807, 2.05) is 6.07 Å². The highest BCUT2D eigenvalue weighted by Gasteiger charge is 2.34. The van der Waals surface area contributed by atoms with E-state index in [1.165, 1.54) is 6.07 Å². The first-order chi connectivity index (χ1) is 16.2. The number of hydrogen-bond acceptors (Lipinski definition) is 5. The fraction of sp³-hybridized carbons (Fsp3) is 0.261. The third-order valence-electron chi connectivity index (χ3n) is 5.44. The van der Waals surface area contributed by atoms with Gasteiger partial charge in [-0.1, -0.05) is 29.8 Å². The van der Waals surface area contributed by atoms with Gasteiger partial charge in [0.2, 0.25) is 5.95 Å². The number of piperazine rings is 1. The second kappa shape index (κ2) is 9.86. The Kier molecular flexibility index (Phi) is 6.90. The molecule has 11 heteroatoms. The van der Waals surface area contributed by atoms with E-state index in [0.717, 1.165) is 54.3 Å². The minimum absolute atomic E-state index is 0.127. The smallest absolute Gasteiger partial charge is 0.417 e. The molecule has 0 atom stereocenters. The Morgan fingerprint density at radius 2 is 1.79 bits per heavy atom. The maximum atomic E-state index is 13.2. The first-order valence-electron chi connectivity index (χ1n) is 10.5. The number of alkyl halides is 3. The minimum Gasteiger partial charge on any atom is -0.465 e. The molecule has 0 spiro atoms. The molecule has 0 aliphatic carbocycles. The van der Waals surface area contributed by atoms with E-state index in [2.05, 4.69) is 20.2 Å². The van der Waals surface area contributed by atoms with Crippen LogP contribution in [0.15, 0.2) is 54.9 Å². The second-order valence-corrected chi connectivity index (χ2v) is 8.15. The molecule has 2 N–H and O–H groups in total. The van der Waals surface area contributed by atoms with Gasteiger partial charge in [-0.15, -0.1) is 0 Å². The molecule has 34 heavy (non-hydrogen) atoms. The number of amides is 1. The van der Waals surface area contributed by atoms with Gasteiger partial charge in [-0.25, -0.2) is 14.8 Å². The van der Waals surface area contributed by atoms with Crippen LogP contribution in [0.4, 0.5) is 29.6 Å². The van der Waals surface area contributed by atoms with Crippen LogP contribution in [0.5, 0.6) is 0 Å². The number of rotatable bonds is 5. The van der Waals surface area contributed by atoms with Crippen LogP contribution in [0, 0.1) is 0 Å². The fourth-order valence-corrected chi connectivity index (χ4v) is 3.92. The minimum atomic E-state index is -4.70. The van der Waals surface area contributed by atoms with E-state index in [1.54, 1.807) is 30.6 Å². The first-order valence-corrected chi connectivity index (χ1v) is 10.8. The molecule has 178 valence electrons. The lowest BCUT2D eigenvalue weighted by Crippen LogP contribution is -2.44. The zero-order valence-electron chi connectivity index (χ0n) is 17.9. The van der Waals surface area contributed by atoms with Gasteiger partial charge in [0, 0.05) is 49.8 Å². The monoisotopic (exact) mass is 491 g/mol. The largest absolute Gasteiger partial charge is 0.465 e. The summed E-state index contributed by atoms with van der Waals surface area (Å²) in [6.07, 6.45) is -2.68. The van der Waals surface area contributed by atoms with Crippen molar-refractivity contribution in [2.45, 2.75) is 12.7 Å². The number of halogens is 4. The summed E-state index contributed by atoms with van der Waals surface area (Å²) < 4.78 is 39.7. The van der Waals surface area contributed by atoms with Gasteiger partial charge in [-0.3, -0.25) is 4.90 Å². The van der Waals surface area contributed by atoms with E-state index in [4.69, 9.17) is 11.6 Å². The molecule has 2 aromatic carbocycles. The van der Waals surface area contributed by atoms with Gasteiger partial charge >= 0.3 is 12.3 Å². The molecule has 1 aliphatic rings. The molecule has 4 rings (SSSR count). The van der Waals surface area contributed by atoms with Gasteiger partial charge in [-0.05, 0) is 35.4 Å². The molecule has 0 saturated carbocycles. The zero-order valence-corrected chi connectivity index (χ0v) is 18.6. The standard InChI is InChI=1S/C23H21ClF3N5O2/c24-20-5-4-18(11-19(20)23(25,26)27)32(22(33)34)14-15-2-1-3-16(10-15)17-12-29-21(30-13-17)31-8-6-28-7-9-31/h1-5,10-13,28H,6-9,14H2,(H,33,34). The molecule has 1 aromatic heterocycles. The lowest BCUT2D eigenvalue weighted by atomic mass is 10.1. The van der Waals surface area contributed by atoms with Gasteiger partial charge in [0.25, 0.3) is 0 Å². The van der Waals surface area contributed by atoms with Gasteiger partial charge < -0.3 is 15.3 Å². The van der Waals surface area contributed by atoms with Gasteiger partial charge in [-0.2, -0.15) is 13.2 Å². The summed E-state index contributed by atoms with van der Waals surface area (Å²) in [6.45, 7) is 3.22. The molecule has 3 aromatic rings. The maximum absolute atomic E-state index is 13.2. The van der Waals surface area contributed by atoms with Crippen LogP contribution in [0.2, 0.25) is 5.02 Å². The number of anilines is 2. The first kappa shape index (κ1) is 23.8. The SMILES string of the molecule is O=C(O)N(Cc1cccc(-c2cnc(N3CCNCC3)nc2)c1)c1ccc(Cl)c(C(F)(F)F)c1. The summed E-state index contributed by atoms with van der Waals surface area (Å²) in [4.78, 5) is 23.7. The van der Waals surface area contributed by atoms with Crippen LogP contribution < -0.4 is 15.1 Å². The summed E-state index contributed by atoms with van der Waals surface area (Å²) in [5, 5.41) is 12.5. The van der Waals surface area contributed by atoms with Crippen LogP contribution >= 0.6 is 11.6 Å². The van der Waals surface area contributed by atoms with Crippen molar-refractivity contribution in [3.63, 3.8) is 0 Å². The van der Waals surface area contributed by atoms with Crippen molar-refractivity contribution in [3.8, 4) is 11.1 Å². The number of carbonyl (C=O) groups is 1. The number of benzene rings is 2. The average Bonchev–Trinajstić information content (AvgIpc) is 2.83. The number of aromatic nitrogens is 2. The molecule has 1 fully saturated rings.